The zero-order valence-electron chi connectivity index (χ0n) is 23.6. The van der Waals surface area contributed by atoms with Gasteiger partial charge in [0, 0.05) is 31.1 Å². The highest BCUT2D eigenvalue weighted by atomic mass is 35.5. The summed E-state index contributed by atoms with van der Waals surface area (Å²) in [5.74, 6) is 0.502. The molecule has 0 unspecified atom stereocenters. The van der Waals surface area contributed by atoms with E-state index in [4.69, 9.17) is 4.74 Å². The van der Waals surface area contributed by atoms with Crippen LogP contribution in [0.5, 0.6) is 5.75 Å². The second-order valence-corrected chi connectivity index (χ2v) is 11.4. The lowest BCUT2D eigenvalue weighted by molar-refractivity contribution is -0.149. The zero-order chi connectivity index (χ0) is 26.6. The van der Waals surface area contributed by atoms with E-state index in [9.17, 15) is 14.4 Å². The summed E-state index contributed by atoms with van der Waals surface area (Å²) in [5, 5.41) is 9.34. The molecule has 3 amide bonds. The van der Waals surface area contributed by atoms with E-state index in [2.05, 4.69) is 20.9 Å². The van der Waals surface area contributed by atoms with Gasteiger partial charge in [0.1, 0.15) is 17.8 Å². The minimum Gasteiger partial charge on any atom is -0.493 e. The Morgan fingerprint density at radius 1 is 0.975 bits per heavy atom. The topological polar surface area (TPSA) is 103 Å². The summed E-state index contributed by atoms with van der Waals surface area (Å²) in [7, 11) is 1.75. The maximum Gasteiger partial charge on any atom is 0.246 e. The first-order valence-corrected chi connectivity index (χ1v) is 14.5. The largest absolute Gasteiger partial charge is 0.493 e. The Morgan fingerprint density at radius 2 is 1.73 bits per heavy atom. The molecule has 0 radical (unpaired) electrons. The molecule has 11 heteroatoms. The Hall–Kier alpha value is -2.07. The van der Waals surface area contributed by atoms with E-state index in [-0.39, 0.29) is 60.5 Å². The average molecular weight is 599 g/mol. The molecule has 3 fully saturated rings. The number of halogens is 2. The van der Waals surface area contributed by atoms with Crippen LogP contribution in [-0.4, -0.2) is 85.0 Å². The third-order valence-corrected chi connectivity index (χ3v) is 9.06. The van der Waals surface area contributed by atoms with E-state index >= 15 is 0 Å². The summed E-state index contributed by atoms with van der Waals surface area (Å²) in [6, 6.07) is 6.36. The van der Waals surface area contributed by atoms with Crippen molar-refractivity contribution in [3.63, 3.8) is 0 Å². The summed E-state index contributed by atoms with van der Waals surface area (Å²) in [6.45, 7) is 4.37. The number of nitrogens with zero attached hydrogens (tertiary/aromatic N) is 2. The number of piperazine rings is 1. The van der Waals surface area contributed by atoms with Crippen molar-refractivity contribution in [2.45, 2.75) is 88.5 Å². The number of hydrogen-bond acceptors (Lipinski definition) is 6. The van der Waals surface area contributed by atoms with Gasteiger partial charge in [0.2, 0.25) is 17.7 Å². The minimum absolute atomic E-state index is 0. The van der Waals surface area contributed by atoms with Crippen LogP contribution in [-0.2, 0) is 14.4 Å². The number of rotatable bonds is 7. The van der Waals surface area contributed by atoms with Crippen LogP contribution in [0.25, 0.3) is 0 Å². The number of ether oxygens (including phenoxy) is 1. The van der Waals surface area contributed by atoms with Gasteiger partial charge >= 0.3 is 0 Å². The van der Waals surface area contributed by atoms with Crippen LogP contribution in [0.3, 0.4) is 0 Å². The first kappa shape index (κ1) is 32.4. The van der Waals surface area contributed by atoms with Crippen LogP contribution in [0.2, 0.25) is 0 Å². The van der Waals surface area contributed by atoms with Gasteiger partial charge < -0.3 is 25.6 Å². The van der Waals surface area contributed by atoms with Crippen molar-refractivity contribution in [3.8, 4) is 5.75 Å². The first-order valence-electron chi connectivity index (χ1n) is 14.5. The maximum atomic E-state index is 14.3. The smallest absolute Gasteiger partial charge is 0.246 e. The van der Waals surface area contributed by atoms with Gasteiger partial charge in [0.05, 0.1) is 18.7 Å². The lowest BCUT2D eigenvalue weighted by Gasteiger charge is -2.45. The van der Waals surface area contributed by atoms with Crippen LogP contribution in [0.4, 0.5) is 0 Å². The van der Waals surface area contributed by atoms with Crippen molar-refractivity contribution in [2.75, 3.05) is 33.3 Å². The maximum absolute atomic E-state index is 14.3. The van der Waals surface area contributed by atoms with Gasteiger partial charge in [-0.1, -0.05) is 37.5 Å². The molecule has 9 nitrogen and oxygen atoms in total. The molecule has 5 rings (SSSR count). The molecule has 0 spiro atoms. The van der Waals surface area contributed by atoms with E-state index in [1.807, 2.05) is 24.3 Å². The Morgan fingerprint density at radius 3 is 2.48 bits per heavy atom. The fourth-order valence-corrected chi connectivity index (χ4v) is 6.68. The van der Waals surface area contributed by atoms with E-state index in [1.165, 1.54) is 0 Å². The number of nitrogens with one attached hydrogen (secondary N) is 3. The molecule has 1 aromatic rings. The molecular weight excluding hydrogens is 553 g/mol. The fourth-order valence-electron chi connectivity index (χ4n) is 6.68. The summed E-state index contributed by atoms with van der Waals surface area (Å²) in [4.78, 5) is 45.3. The van der Waals surface area contributed by atoms with Crippen molar-refractivity contribution in [3.05, 3.63) is 29.8 Å². The number of likely N-dealkylation sites (N-methyl/N-ethyl adjacent to an activating group) is 1. The number of fused-ring (bicyclic) bond motifs is 2. The van der Waals surface area contributed by atoms with Crippen molar-refractivity contribution in [2.24, 2.45) is 5.92 Å². The molecule has 3 N–H and O–H groups in total. The predicted molar refractivity (Wildman–Crippen MR) is 159 cm³/mol. The lowest BCUT2D eigenvalue weighted by atomic mass is 9.82. The van der Waals surface area contributed by atoms with Gasteiger partial charge in [-0.3, -0.25) is 19.3 Å². The average Bonchev–Trinajstić information content (AvgIpc) is 3.42. The number of amides is 3. The fraction of sp³-hybridized carbons (Fsp3) is 0.690. The molecule has 1 aliphatic carbocycles. The monoisotopic (exact) mass is 597 g/mol. The first-order chi connectivity index (χ1) is 18.5. The second kappa shape index (κ2) is 14.7. The number of hydrogen-bond donors (Lipinski definition) is 3. The van der Waals surface area contributed by atoms with Gasteiger partial charge in [-0.05, 0) is 58.2 Å². The van der Waals surface area contributed by atoms with Crippen molar-refractivity contribution < 1.29 is 19.1 Å². The molecule has 5 atom stereocenters. The lowest BCUT2D eigenvalue weighted by Crippen LogP contribution is -2.66. The van der Waals surface area contributed by atoms with Crippen LogP contribution in [0.1, 0.15) is 69.9 Å². The second-order valence-electron chi connectivity index (χ2n) is 11.4. The summed E-state index contributed by atoms with van der Waals surface area (Å²) < 4.78 is 5.79. The molecular formula is C29H45Cl2N5O4. The Labute approximate surface area is 250 Å². The molecule has 1 saturated carbocycles. The summed E-state index contributed by atoms with van der Waals surface area (Å²) in [6.07, 6.45) is 7.94. The molecule has 224 valence electrons. The van der Waals surface area contributed by atoms with E-state index in [0.29, 0.717) is 26.1 Å². The van der Waals surface area contributed by atoms with E-state index in [0.717, 1.165) is 62.8 Å². The van der Waals surface area contributed by atoms with Gasteiger partial charge in [-0.2, -0.15) is 0 Å². The van der Waals surface area contributed by atoms with E-state index < -0.39 is 18.1 Å². The van der Waals surface area contributed by atoms with Gasteiger partial charge in [-0.25, -0.2) is 0 Å². The van der Waals surface area contributed by atoms with Crippen molar-refractivity contribution in [1.82, 2.24) is 25.8 Å². The minimum atomic E-state index is -0.606. The number of benzene rings is 1. The standard InChI is InChI=1S/C29H43N5O4.2ClH/c1-19(30-2)27(35)32-26(20-9-4-3-5-10-20)29(37)34-17-21-11-8-15-33(21)18-24(34)28(36)31-23-14-16-38-25-13-7-6-12-22(23)25;;/h6-7,12-13,19-21,23-24,26,30H,3-5,8-11,14-18H2,1-2H3,(H,31,36)(H,32,35);2*1H/t19-,21-,23+,24-,26-;;/m0../s1. The normalized spacial score (nSPS) is 26.1. The summed E-state index contributed by atoms with van der Waals surface area (Å²) in [5.41, 5.74) is 0.980. The molecule has 2 saturated heterocycles. The Kier molecular flexibility index (Phi) is 11.9. The number of carbonyl (C=O) groups is 3. The van der Waals surface area contributed by atoms with Gasteiger partial charge in [0.15, 0.2) is 0 Å². The van der Waals surface area contributed by atoms with Crippen LogP contribution < -0.4 is 20.7 Å². The molecule has 1 aromatic carbocycles. The molecule has 40 heavy (non-hydrogen) atoms. The predicted octanol–water partition coefficient (Wildman–Crippen LogP) is 2.82. The molecule has 3 aliphatic heterocycles. The van der Waals surface area contributed by atoms with Gasteiger partial charge in [-0.15, -0.1) is 24.8 Å². The molecule has 3 heterocycles. The third-order valence-electron chi connectivity index (χ3n) is 9.06. The van der Waals surface area contributed by atoms with Crippen LogP contribution >= 0.6 is 24.8 Å². The highest BCUT2D eigenvalue weighted by Crippen LogP contribution is 2.33. The Bertz CT molecular complexity index is 1020. The quantitative estimate of drug-likeness (QED) is 0.446. The Balaban J connectivity index is 0.00000220. The highest BCUT2D eigenvalue weighted by molar-refractivity contribution is 5.93. The van der Waals surface area contributed by atoms with Gasteiger partial charge in [0.25, 0.3) is 0 Å². The summed E-state index contributed by atoms with van der Waals surface area (Å²) >= 11 is 0. The van der Waals surface area contributed by atoms with Crippen LogP contribution in [0, 0.1) is 5.92 Å². The molecule has 0 bridgehead atoms. The van der Waals surface area contributed by atoms with Crippen molar-refractivity contribution >= 4 is 42.5 Å². The van der Waals surface area contributed by atoms with Crippen LogP contribution in [0.15, 0.2) is 24.3 Å². The number of carbonyl (C=O) groups excluding carboxylic acids is 3. The SMILES string of the molecule is CN[C@@H](C)C(=O)N[C@H](C(=O)N1C[C@@H]2CCCN2C[C@H]1C(=O)N[C@@H]1CCOc2ccccc21)C1CCCCC1.Cl.Cl. The third kappa shape index (κ3) is 7.04. The van der Waals surface area contributed by atoms with E-state index in [1.54, 1.807) is 18.9 Å². The zero-order valence-corrected chi connectivity index (χ0v) is 25.2. The molecule has 4 aliphatic rings. The number of para-hydroxylation sites is 1. The van der Waals surface area contributed by atoms with Crippen molar-refractivity contribution in [1.29, 1.82) is 0 Å². The highest BCUT2D eigenvalue weighted by Gasteiger charge is 2.45. The molecule has 0 aromatic heterocycles.